The molecule has 0 aliphatic carbocycles. The Kier molecular flexibility index (Phi) is 6.63. The minimum atomic E-state index is -0.121. The molecule has 1 fully saturated rings. The quantitative estimate of drug-likeness (QED) is 0.636. The Morgan fingerprint density at radius 3 is 2.39 bits per heavy atom. The van der Waals surface area contributed by atoms with Gasteiger partial charge in [0.05, 0.1) is 11.8 Å². The third-order valence-corrected chi connectivity index (χ3v) is 5.98. The molecule has 1 aliphatic rings. The van der Waals surface area contributed by atoms with Crippen LogP contribution in [0, 0.1) is 0 Å². The van der Waals surface area contributed by atoms with E-state index in [-0.39, 0.29) is 11.9 Å². The minimum absolute atomic E-state index is 0.121. The third-order valence-electron chi connectivity index (χ3n) is 5.98. The molecule has 31 heavy (non-hydrogen) atoms. The Hall–Kier alpha value is -2.77. The topological polar surface area (TPSA) is 66.3 Å². The molecular formula is C24H32N6O. The van der Waals surface area contributed by atoms with Crippen LogP contribution in [-0.4, -0.2) is 63.2 Å². The molecule has 0 atom stereocenters. The normalized spacial score (nSPS) is 15.6. The summed E-state index contributed by atoms with van der Waals surface area (Å²) in [4.78, 5) is 22.0. The fourth-order valence-corrected chi connectivity index (χ4v) is 4.01. The highest BCUT2D eigenvalue weighted by molar-refractivity contribution is 5.96. The van der Waals surface area contributed by atoms with E-state index in [4.69, 9.17) is 0 Å². The van der Waals surface area contributed by atoms with Gasteiger partial charge in [-0.05, 0) is 37.6 Å². The molecule has 0 saturated carbocycles. The summed E-state index contributed by atoms with van der Waals surface area (Å²) in [6.45, 7) is 13.5. The summed E-state index contributed by atoms with van der Waals surface area (Å²) in [5.41, 5.74) is 3.77. The maximum Gasteiger partial charge on any atom is 0.253 e. The number of carbonyl (C=O) groups excluding carboxylic acids is 1. The molecule has 2 aromatic heterocycles. The summed E-state index contributed by atoms with van der Waals surface area (Å²) in [6, 6.07) is 10.6. The van der Waals surface area contributed by atoms with E-state index in [2.05, 4.69) is 70.2 Å². The molecule has 164 valence electrons. The standard InChI is InChI=1S/C24H32N6O/c1-4-28-9-11-29(12-10-28)17-20-7-5-19(6-8-20)14-26-24(31)22-13-21-16-27-30(18(2)3)23(21)25-15-22/h5-8,13,15-16,18H,4,9-12,14,17H2,1-3H3,(H,26,31). The number of carbonyl (C=O) groups is 1. The SMILES string of the molecule is CCN1CCN(Cc2ccc(CNC(=O)c3cnc4c(cnn4C(C)C)c3)cc2)CC1. The number of aromatic nitrogens is 3. The number of nitrogens with one attached hydrogen (secondary N) is 1. The van der Waals surface area contributed by atoms with Gasteiger partial charge in [-0.25, -0.2) is 9.67 Å². The van der Waals surface area contributed by atoms with Gasteiger partial charge < -0.3 is 10.2 Å². The van der Waals surface area contributed by atoms with Gasteiger partial charge in [-0.3, -0.25) is 9.69 Å². The van der Waals surface area contributed by atoms with Crippen molar-refractivity contribution in [2.75, 3.05) is 32.7 Å². The fraction of sp³-hybridized carbons (Fsp3) is 0.458. The van der Waals surface area contributed by atoms with Crippen molar-refractivity contribution in [2.24, 2.45) is 0 Å². The number of fused-ring (bicyclic) bond motifs is 1. The zero-order valence-corrected chi connectivity index (χ0v) is 18.7. The molecule has 1 amide bonds. The first kappa shape index (κ1) is 21.5. The number of benzene rings is 1. The maximum atomic E-state index is 12.6. The van der Waals surface area contributed by atoms with Crippen LogP contribution < -0.4 is 5.32 Å². The predicted molar refractivity (Wildman–Crippen MR) is 123 cm³/mol. The van der Waals surface area contributed by atoms with Gasteiger partial charge in [0.1, 0.15) is 0 Å². The van der Waals surface area contributed by atoms with Gasteiger partial charge in [0.15, 0.2) is 5.65 Å². The van der Waals surface area contributed by atoms with Gasteiger partial charge in [-0.1, -0.05) is 31.2 Å². The molecule has 1 aromatic carbocycles. The van der Waals surface area contributed by atoms with Gasteiger partial charge in [-0.2, -0.15) is 5.10 Å². The van der Waals surface area contributed by atoms with Crippen LogP contribution in [-0.2, 0) is 13.1 Å². The van der Waals surface area contributed by atoms with Crippen LogP contribution >= 0.6 is 0 Å². The average molecular weight is 421 g/mol. The zero-order chi connectivity index (χ0) is 21.8. The van der Waals surface area contributed by atoms with Gasteiger partial charge in [-0.15, -0.1) is 0 Å². The lowest BCUT2D eigenvalue weighted by Crippen LogP contribution is -2.45. The number of nitrogens with zero attached hydrogens (tertiary/aromatic N) is 5. The van der Waals surface area contributed by atoms with Crippen molar-refractivity contribution in [3.63, 3.8) is 0 Å². The van der Waals surface area contributed by atoms with Crippen LogP contribution in [0.3, 0.4) is 0 Å². The Morgan fingerprint density at radius 1 is 1.03 bits per heavy atom. The molecule has 1 aliphatic heterocycles. The molecular weight excluding hydrogens is 388 g/mol. The third kappa shape index (κ3) is 5.11. The first-order valence-corrected chi connectivity index (χ1v) is 11.2. The van der Waals surface area contributed by atoms with Gasteiger partial charge in [0.2, 0.25) is 0 Å². The molecule has 3 heterocycles. The van der Waals surface area contributed by atoms with Crippen molar-refractivity contribution in [3.8, 4) is 0 Å². The van der Waals surface area contributed by atoms with Crippen molar-refractivity contribution in [1.29, 1.82) is 0 Å². The Balaban J connectivity index is 1.31. The number of hydrogen-bond acceptors (Lipinski definition) is 5. The second kappa shape index (κ2) is 9.58. The number of pyridine rings is 1. The number of likely N-dealkylation sites (N-methyl/N-ethyl adjacent to an activating group) is 1. The fourth-order valence-electron chi connectivity index (χ4n) is 4.01. The molecule has 3 aromatic rings. The van der Waals surface area contributed by atoms with Gasteiger partial charge in [0, 0.05) is 56.9 Å². The maximum absolute atomic E-state index is 12.6. The van der Waals surface area contributed by atoms with Gasteiger partial charge in [0.25, 0.3) is 5.91 Å². The summed E-state index contributed by atoms with van der Waals surface area (Å²) in [6.07, 6.45) is 3.39. The highest BCUT2D eigenvalue weighted by Gasteiger charge is 2.15. The second-order valence-corrected chi connectivity index (χ2v) is 8.53. The second-order valence-electron chi connectivity index (χ2n) is 8.53. The minimum Gasteiger partial charge on any atom is -0.348 e. The number of rotatable bonds is 7. The summed E-state index contributed by atoms with van der Waals surface area (Å²) in [5, 5.41) is 8.24. The van der Waals surface area contributed by atoms with E-state index < -0.39 is 0 Å². The Bertz CT molecular complexity index is 1020. The first-order valence-electron chi connectivity index (χ1n) is 11.2. The molecule has 1 saturated heterocycles. The van der Waals surface area contributed by atoms with E-state index in [1.807, 2.05) is 10.7 Å². The van der Waals surface area contributed by atoms with Crippen LogP contribution in [0.5, 0.6) is 0 Å². The van der Waals surface area contributed by atoms with E-state index in [0.717, 1.165) is 55.9 Å². The lowest BCUT2D eigenvalue weighted by Gasteiger charge is -2.34. The monoisotopic (exact) mass is 420 g/mol. The van der Waals surface area contributed by atoms with Crippen LogP contribution in [0.15, 0.2) is 42.7 Å². The summed E-state index contributed by atoms with van der Waals surface area (Å²) in [7, 11) is 0. The largest absolute Gasteiger partial charge is 0.348 e. The van der Waals surface area contributed by atoms with Crippen LogP contribution in [0.2, 0.25) is 0 Å². The first-order chi connectivity index (χ1) is 15.0. The molecule has 0 spiro atoms. The average Bonchev–Trinajstić information content (AvgIpc) is 3.22. The molecule has 0 unspecified atom stereocenters. The predicted octanol–water partition coefficient (Wildman–Crippen LogP) is 3.08. The smallest absolute Gasteiger partial charge is 0.253 e. The molecule has 1 N–H and O–H groups in total. The Morgan fingerprint density at radius 2 is 1.71 bits per heavy atom. The van der Waals surface area contributed by atoms with E-state index in [0.29, 0.717) is 12.1 Å². The van der Waals surface area contributed by atoms with Crippen molar-refractivity contribution >= 4 is 16.9 Å². The van der Waals surface area contributed by atoms with Crippen molar-refractivity contribution < 1.29 is 4.79 Å². The van der Waals surface area contributed by atoms with Crippen molar-refractivity contribution in [3.05, 3.63) is 59.4 Å². The van der Waals surface area contributed by atoms with Crippen LogP contribution in [0.1, 0.15) is 48.3 Å². The molecule has 4 rings (SSSR count). The number of piperazine rings is 1. The highest BCUT2D eigenvalue weighted by atomic mass is 16.1. The van der Waals surface area contributed by atoms with Crippen molar-refractivity contribution in [1.82, 2.24) is 29.9 Å². The summed E-state index contributed by atoms with van der Waals surface area (Å²) in [5.74, 6) is -0.121. The van der Waals surface area contributed by atoms with Crippen LogP contribution in [0.25, 0.3) is 11.0 Å². The molecule has 7 heteroatoms. The number of hydrogen-bond donors (Lipinski definition) is 1. The van der Waals surface area contributed by atoms with E-state index >= 15 is 0 Å². The molecule has 0 radical (unpaired) electrons. The lowest BCUT2D eigenvalue weighted by atomic mass is 10.1. The van der Waals surface area contributed by atoms with Gasteiger partial charge >= 0.3 is 0 Å². The lowest BCUT2D eigenvalue weighted by molar-refractivity contribution is 0.0950. The van der Waals surface area contributed by atoms with Crippen LogP contribution in [0.4, 0.5) is 0 Å². The van der Waals surface area contributed by atoms with E-state index in [9.17, 15) is 4.79 Å². The molecule has 0 bridgehead atoms. The Labute approximate surface area is 184 Å². The number of amides is 1. The summed E-state index contributed by atoms with van der Waals surface area (Å²) < 4.78 is 1.86. The van der Waals surface area contributed by atoms with Crippen molar-refractivity contribution in [2.45, 2.75) is 39.9 Å². The van der Waals surface area contributed by atoms with E-state index in [1.165, 1.54) is 5.56 Å². The highest BCUT2D eigenvalue weighted by Crippen LogP contribution is 2.17. The molecule has 7 nitrogen and oxygen atoms in total. The summed E-state index contributed by atoms with van der Waals surface area (Å²) >= 11 is 0. The zero-order valence-electron chi connectivity index (χ0n) is 18.7. The van der Waals surface area contributed by atoms with E-state index in [1.54, 1.807) is 12.4 Å².